The maximum Gasteiger partial charge on any atom is 0.255 e. The molecular formula is C45H47N7O5S. The molecular weight excluding hydrogens is 751 g/mol. The number of hydrogen-bond acceptors (Lipinski definition) is 9. The van der Waals surface area contributed by atoms with Crippen LogP contribution in [0.2, 0.25) is 0 Å². The summed E-state index contributed by atoms with van der Waals surface area (Å²) in [5.74, 6) is -0.569. The number of piperidine rings is 2. The van der Waals surface area contributed by atoms with E-state index in [0.717, 1.165) is 83.6 Å². The highest BCUT2D eigenvalue weighted by Crippen LogP contribution is 2.46. The molecule has 0 saturated carbocycles. The summed E-state index contributed by atoms with van der Waals surface area (Å²) in [5.41, 5.74) is 8.14. The number of amides is 4. The summed E-state index contributed by atoms with van der Waals surface area (Å²) in [4.78, 5) is 78.0. The number of aromatic amines is 1. The fourth-order valence-electron chi connectivity index (χ4n) is 9.89. The maximum atomic E-state index is 14.1. The lowest BCUT2D eigenvalue weighted by Crippen LogP contribution is -2.54. The number of aryl methyl sites for hydroxylation is 1. The van der Waals surface area contributed by atoms with Crippen LogP contribution in [0.3, 0.4) is 0 Å². The molecule has 13 heteroatoms. The average Bonchev–Trinajstić information content (AvgIpc) is 3.80. The Morgan fingerprint density at radius 2 is 1.72 bits per heavy atom. The van der Waals surface area contributed by atoms with Crippen LogP contribution in [-0.4, -0.2) is 106 Å². The number of carbonyl (C=O) groups excluding carboxylic acids is 5. The van der Waals surface area contributed by atoms with Crippen LogP contribution in [0.25, 0.3) is 10.9 Å². The van der Waals surface area contributed by atoms with Crippen molar-refractivity contribution in [2.24, 2.45) is 0 Å². The van der Waals surface area contributed by atoms with E-state index in [1.54, 1.807) is 17.0 Å². The number of anilines is 1. The molecule has 4 aromatic rings. The third-order valence-corrected chi connectivity index (χ3v) is 14.3. The van der Waals surface area contributed by atoms with Gasteiger partial charge in [0.1, 0.15) is 6.04 Å². The highest BCUT2D eigenvalue weighted by Gasteiger charge is 2.42. The SMILES string of the molecule is CCc1cc2c(cc1N1CCC(N3CCN(C(=O)CSc4cccc5c4CN(C4CCC(=O)NC4=O)C5=O)CC3)CC1)C(C)(C)c1[nH]c3cc(C#N)ccc3c1C2=O. The fourth-order valence-corrected chi connectivity index (χ4v) is 10.9. The van der Waals surface area contributed by atoms with Gasteiger partial charge in [-0.2, -0.15) is 5.26 Å². The van der Waals surface area contributed by atoms with Gasteiger partial charge in [0.2, 0.25) is 17.7 Å². The minimum Gasteiger partial charge on any atom is -0.371 e. The molecule has 1 unspecified atom stereocenters. The zero-order chi connectivity index (χ0) is 40.5. The number of imide groups is 1. The van der Waals surface area contributed by atoms with Gasteiger partial charge in [-0.1, -0.05) is 32.9 Å². The quantitative estimate of drug-likeness (QED) is 0.192. The van der Waals surface area contributed by atoms with Crippen LogP contribution >= 0.6 is 11.8 Å². The molecule has 4 amide bonds. The van der Waals surface area contributed by atoms with E-state index in [-0.39, 0.29) is 42.2 Å². The van der Waals surface area contributed by atoms with Gasteiger partial charge in [0.05, 0.1) is 22.9 Å². The van der Waals surface area contributed by atoms with Crippen molar-refractivity contribution >= 4 is 57.8 Å². The van der Waals surface area contributed by atoms with Gasteiger partial charge in [0.25, 0.3) is 5.91 Å². The molecule has 3 fully saturated rings. The van der Waals surface area contributed by atoms with Gasteiger partial charge >= 0.3 is 0 Å². The van der Waals surface area contributed by atoms with Crippen molar-refractivity contribution < 1.29 is 24.0 Å². The first-order valence-corrected chi connectivity index (χ1v) is 21.4. The van der Waals surface area contributed by atoms with Gasteiger partial charge in [-0.3, -0.25) is 34.2 Å². The van der Waals surface area contributed by atoms with E-state index in [9.17, 15) is 29.2 Å². The van der Waals surface area contributed by atoms with Crippen LogP contribution in [-0.2, 0) is 32.8 Å². The second kappa shape index (κ2) is 14.7. The minimum atomic E-state index is -0.672. The number of rotatable bonds is 7. The molecule has 5 heterocycles. The average molecular weight is 798 g/mol. The van der Waals surface area contributed by atoms with Crippen molar-refractivity contribution in [3.05, 3.63) is 93.2 Å². The topological polar surface area (TPSA) is 150 Å². The summed E-state index contributed by atoms with van der Waals surface area (Å²) >= 11 is 1.44. The van der Waals surface area contributed by atoms with Crippen LogP contribution in [0, 0.1) is 11.3 Å². The molecule has 2 N–H and O–H groups in total. The monoisotopic (exact) mass is 797 g/mol. The van der Waals surface area contributed by atoms with E-state index in [2.05, 4.69) is 59.1 Å². The molecule has 5 aliphatic rings. The van der Waals surface area contributed by atoms with Crippen molar-refractivity contribution in [2.45, 2.75) is 81.8 Å². The Labute approximate surface area is 341 Å². The van der Waals surface area contributed by atoms with Gasteiger partial charge in [0.15, 0.2) is 5.78 Å². The molecule has 12 nitrogen and oxygen atoms in total. The van der Waals surface area contributed by atoms with Crippen LogP contribution in [0.4, 0.5) is 5.69 Å². The predicted octanol–water partition coefficient (Wildman–Crippen LogP) is 5.14. The van der Waals surface area contributed by atoms with Gasteiger partial charge in [0, 0.05) is 102 Å². The van der Waals surface area contributed by atoms with E-state index >= 15 is 0 Å². The second-order valence-electron chi connectivity index (χ2n) is 16.7. The van der Waals surface area contributed by atoms with E-state index < -0.39 is 17.4 Å². The number of aromatic nitrogens is 1. The molecule has 0 bridgehead atoms. The number of nitriles is 1. The van der Waals surface area contributed by atoms with E-state index in [0.29, 0.717) is 42.2 Å². The van der Waals surface area contributed by atoms with Crippen molar-refractivity contribution in [3.8, 4) is 6.07 Å². The number of carbonyl (C=O) groups is 5. The highest BCUT2D eigenvalue weighted by atomic mass is 32.2. The standard InChI is InChI=1S/C45H47N7O5S/c1-4-27-21-31-33(45(2,3)42-40(41(31)55)30-9-8-26(23-46)20-34(30)47-42)22-36(27)50-14-12-28(13-15-50)49-16-18-51(19-17-49)39(54)25-58-37-7-5-6-29-32(37)24-52(44(29)57)35-10-11-38(53)48-43(35)56/h5-9,20-22,28,35,47H,4,10-19,24-25H2,1-3H3,(H,48,53,56). The maximum absolute atomic E-state index is 14.1. The number of nitrogens with zero attached hydrogens (tertiary/aromatic N) is 5. The van der Waals surface area contributed by atoms with E-state index in [4.69, 9.17) is 0 Å². The largest absolute Gasteiger partial charge is 0.371 e. The number of benzene rings is 3. The number of thioether (sulfide) groups is 1. The summed E-state index contributed by atoms with van der Waals surface area (Å²) in [6.07, 6.45) is 3.38. The number of nitrogens with one attached hydrogen (secondary N) is 2. The molecule has 0 radical (unpaired) electrons. The van der Waals surface area contributed by atoms with E-state index in [1.807, 2.05) is 29.2 Å². The number of H-pyrrole nitrogens is 1. The Bertz CT molecular complexity index is 2450. The van der Waals surface area contributed by atoms with Crippen LogP contribution < -0.4 is 10.2 Å². The first-order chi connectivity index (χ1) is 28.0. The third kappa shape index (κ3) is 6.37. The lowest BCUT2D eigenvalue weighted by molar-refractivity contribution is -0.137. The van der Waals surface area contributed by atoms with Crippen LogP contribution in [0.1, 0.15) is 101 Å². The fraction of sp³-hybridized carbons (Fsp3) is 0.422. The van der Waals surface area contributed by atoms with E-state index in [1.165, 1.54) is 23.0 Å². The van der Waals surface area contributed by atoms with Crippen LogP contribution in [0.15, 0.2) is 53.4 Å². The van der Waals surface area contributed by atoms with Crippen molar-refractivity contribution in [2.75, 3.05) is 49.9 Å². The highest BCUT2D eigenvalue weighted by molar-refractivity contribution is 8.00. The zero-order valence-corrected chi connectivity index (χ0v) is 34.0. The van der Waals surface area contributed by atoms with Crippen molar-refractivity contribution in [1.82, 2.24) is 25.0 Å². The molecule has 1 aromatic heterocycles. The second-order valence-corrected chi connectivity index (χ2v) is 17.7. The zero-order valence-electron chi connectivity index (χ0n) is 33.2. The first kappa shape index (κ1) is 38.1. The molecule has 1 aliphatic carbocycles. The van der Waals surface area contributed by atoms with Crippen LogP contribution in [0.5, 0.6) is 0 Å². The van der Waals surface area contributed by atoms with Crippen molar-refractivity contribution in [1.29, 1.82) is 5.26 Å². The van der Waals surface area contributed by atoms with Crippen molar-refractivity contribution in [3.63, 3.8) is 0 Å². The first-order valence-electron chi connectivity index (χ1n) is 20.4. The molecule has 0 spiro atoms. The lowest BCUT2D eigenvalue weighted by atomic mass is 9.70. The molecule has 9 rings (SSSR count). The Kier molecular flexibility index (Phi) is 9.68. The Morgan fingerprint density at radius 1 is 0.948 bits per heavy atom. The summed E-state index contributed by atoms with van der Waals surface area (Å²) < 4.78 is 0. The Hall–Kier alpha value is -5.45. The number of hydrogen-bond donors (Lipinski definition) is 2. The normalized spacial score (nSPS) is 20.9. The van der Waals surface area contributed by atoms with Gasteiger partial charge < -0.3 is 19.7 Å². The van der Waals surface area contributed by atoms with Gasteiger partial charge in [-0.25, -0.2) is 0 Å². The molecule has 1 atom stereocenters. The molecule has 58 heavy (non-hydrogen) atoms. The molecule has 298 valence electrons. The van der Waals surface area contributed by atoms with Gasteiger partial charge in [-0.05, 0) is 78.8 Å². The number of piperazine rings is 1. The summed E-state index contributed by atoms with van der Waals surface area (Å²) in [5, 5.41) is 12.7. The summed E-state index contributed by atoms with van der Waals surface area (Å²) in [6, 6.07) is 17.4. The summed E-state index contributed by atoms with van der Waals surface area (Å²) in [7, 11) is 0. The molecule has 4 aliphatic heterocycles. The predicted molar refractivity (Wildman–Crippen MR) is 221 cm³/mol. The molecule has 3 saturated heterocycles. The lowest BCUT2D eigenvalue weighted by Gasteiger charge is -2.44. The third-order valence-electron chi connectivity index (χ3n) is 13.2. The minimum absolute atomic E-state index is 0.0369. The Balaban J connectivity index is 0.810. The number of ketones is 1. The Morgan fingerprint density at radius 3 is 2.45 bits per heavy atom. The number of fused-ring (bicyclic) bond motifs is 5. The smallest absolute Gasteiger partial charge is 0.255 e. The summed E-state index contributed by atoms with van der Waals surface area (Å²) in [6.45, 7) is 11.6. The van der Waals surface area contributed by atoms with Gasteiger partial charge in [-0.15, -0.1) is 11.8 Å². The molecule has 3 aromatic carbocycles.